The number of nitrogens with zero attached hydrogens (tertiary/aromatic N) is 1. The predicted molar refractivity (Wildman–Crippen MR) is 207 cm³/mol. The Kier molecular flexibility index (Phi) is 9.09. The molecule has 264 valence electrons. The van der Waals surface area contributed by atoms with Crippen molar-refractivity contribution in [1.29, 1.82) is 0 Å². The molecule has 1 saturated heterocycles. The van der Waals surface area contributed by atoms with Crippen LogP contribution in [0.3, 0.4) is 0 Å². The Labute approximate surface area is 307 Å². The summed E-state index contributed by atoms with van der Waals surface area (Å²) in [5, 5.41) is 13.3. The van der Waals surface area contributed by atoms with Crippen LogP contribution in [0.5, 0.6) is 0 Å². The topological polar surface area (TPSA) is 66.8 Å². The van der Waals surface area contributed by atoms with Gasteiger partial charge in [-0.15, -0.1) is 0 Å². The molecule has 1 saturated carbocycles. The van der Waals surface area contributed by atoms with E-state index in [4.69, 9.17) is 4.74 Å². The van der Waals surface area contributed by atoms with Gasteiger partial charge >= 0.3 is 6.09 Å². The minimum atomic E-state index is -0.690. The fourth-order valence-electron chi connectivity index (χ4n) is 9.34. The maximum absolute atomic E-state index is 14.6. The second-order valence-electron chi connectivity index (χ2n) is 15.5. The van der Waals surface area contributed by atoms with Gasteiger partial charge in [-0.2, -0.15) is 0 Å². The minimum absolute atomic E-state index is 0.00373. The van der Waals surface area contributed by atoms with E-state index in [0.717, 1.165) is 70.7 Å². The molecule has 3 aliphatic carbocycles. The highest BCUT2D eigenvalue weighted by Crippen LogP contribution is 2.62. The number of carbonyl (C=O) groups excluding carboxylic acids is 2. The summed E-state index contributed by atoms with van der Waals surface area (Å²) in [5.41, 5.74) is 6.73. The summed E-state index contributed by atoms with van der Waals surface area (Å²) < 4.78 is 6.62. The largest absolute Gasteiger partial charge is 0.440 e. The van der Waals surface area contributed by atoms with Crippen LogP contribution in [-0.2, 0) is 17.7 Å². The lowest BCUT2D eigenvalue weighted by Gasteiger charge is -2.43. The van der Waals surface area contributed by atoms with Gasteiger partial charge in [0.1, 0.15) is 5.60 Å². The Morgan fingerprint density at radius 1 is 0.865 bits per heavy atom. The van der Waals surface area contributed by atoms with Gasteiger partial charge in [-0.3, -0.25) is 9.69 Å². The Morgan fingerprint density at radius 2 is 1.62 bits per heavy atom. The van der Waals surface area contributed by atoms with E-state index in [1.165, 1.54) is 5.57 Å². The first kappa shape index (κ1) is 34.1. The molecule has 2 fully saturated rings. The second kappa shape index (κ2) is 13.9. The van der Waals surface area contributed by atoms with Crippen LogP contribution in [-0.4, -0.2) is 40.1 Å². The van der Waals surface area contributed by atoms with Gasteiger partial charge in [0, 0.05) is 23.1 Å². The standard InChI is InChI=1S/C47H47NO4/c1-32-10-9-26-46(2)43(25-27-47(46)31-48(45(51)52-47)30-38-15-8-14-36-13-6-7-16-40(36)38)41-24-18-33(28-39(49)23-17-32)29-42(41)44(50)37-21-19-35(20-22-37)34-11-4-3-5-12-34/h3-8,10-16,18-22,24,29,39,43,49H,9,17,23,25-28,30-31H2,1-2H3/t39-,43-,46-,47+/m0/s1. The maximum Gasteiger partial charge on any atom is 0.410 e. The number of aliphatic hydroxyl groups excluding tert-OH is 1. The number of hydrogen-bond acceptors (Lipinski definition) is 4. The smallest absolute Gasteiger partial charge is 0.410 e. The van der Waals surface area contributed by atoms with Crippen molar-refractivity contribution in [3.05, 3.63) is 155 Å². The third-order valence-corrected chi connectivity index (χ3v) is 12.4. The summed E-state index contributed by atoms with van der Waals surface area (Å²) >= 11 is 0. The molecule has 9 rings (SSSR count). The van der Waals surface area contributed by atoms with E-state index in [9.17, 15) is 14.7 Å². The van der Waals surface area contributed by atoms with Gasteiger partial charge in [-0.05, 0) is 102 Å². The third-order valence-electron chi connectivity index (χ3n) is 12.4. The zero-order valence-electron chi connectivity index (χ0n) is 30.2. The SMILES string of the molecule is CC1=CCC[C@@]2(C)[C@@H](CC[C@@]23CN(Cc2cccc4ccccc24)C(=O)O3)c2ccc(cc2C(=O)c2ccc(-c3ccccc3)cc2)C[C@@H](O)CC1. The molecule has 5 heteroatoms. The molecule has 1 aliphatic heterocycles. The van der Waals surface area contributed by atoms with Crippen molar-refractivity contribution < 1.29 is 19.4 Å². The van der Waals surface area contributed by atoms with Crippen molar-refractivity contribution in [2.24, 2.45) is 5.41 Å². The Bertz CT molecular complexity index is 2150. The summed E-state index contributed by atoms with van der Waals surface area (Å²) in [6.07, 6.45) is 6.71. The van der Waals surface area contributed by atoms with Crippen LogP contribution in [0.15, 0.2) is 127 Å². The summed E-state index contributed by atoms with van der Waals surface area (Å²) in [5.74, 6) is -0.0194. The minimum Gasteiger partial charge on any atom is -0.440 e. The van der Waals surface area contributed by atoms with Crippen LogP contribution in [0.2, 0.25) is 0 Å². The second-order valence-corrected chi connectivity index (χ2v) is 15.5. The molecular formula is C47H47NO4. The van der Waals surface area contributed by atoms with E-state index >= 15 is 0 Å². The first-order valence-corrected chi connectivity index (χ1v) is 18.8. The molecule has 1 N–H and O–H groups in total. The molecule has 1 heterocycles. The predicted octanol–water partition coefficient (Wildman–Crippen LogP) is 10.4. The number of ether oxygens (including phenoxy) is 1. The van der Waals surface area contributed by atoms with E-state index in [1.54, 1.807) is 0 Å². The van der Waals surface area contributed by atoms with E-state index in [0.29, 0.717) is 37.1 Å². The Hall–Kier alpha value is -5.00. The van der Waals surface area contributed by atoms with Crippen molar-refractivity contribution >= 4 is 22.6 Å². The van der Waals surface area contributed by atoms with Crippen LogP contribution in [0.25, 0.3) is 21.9 Å². The lowest BCUT2D eigenvalue weighted by atomic mass is 9.64. The van der Waals surface area contributed by atoms with Gasteiger partial charge in [-0.1, -0.05) is 128 Å². The first-order valence-electron chi connectivity index (χ1n) is 18.8. The van der Waals surface area contributed by atoms with E-state index < -0.39 is 17.1 Å². The van der Waals surface area contributed by atoms with Crippen LogP contribution in [0.1, 0.15) is 90.9 Å². The first-order chi connectivity index (χ1) is 25.2. The number of hydrogen-bond donors (Lipinski definition) is 1. The zero-order valence-corrected chi connectivity index (χ0v) is 30.2. The van der Waals surface area contributed by atoms with Crippen molar-refractivity contribution in [2.45, 2.75) is 83.0 Å². The monoisotopic (exact) mass is 689 g/mol. The van der Waals surface area contributed by atoms with Gasteiger partial charge in [-0.25, -0.2) is 4.79 Å². The van der Waals surface area contributed by atoms with Crippen molar-refractivity contribution in [3.8, 4) is 11.1 Å². The average molecular weight is 690 g/mol. The summed E-state index contributed by atoms with van der Waals surface area (Å²) in [6.45, 7) is 5.45. The number of benzene rings is 5. The van der Waals surface area contributed by atoms with E-state index in [2.05, 4.69) is 74.5 Å². The molecule has 5 nitrogen and oxygen atoms in total. The van der Waals surface area contributed by atoms with Gasteiger partial charge in [0.25, 0.3) is 0 Å². The molecule has 4 atom stereocenters. The number of carbonyl (C=O) groups is 2. The molecule has 1 amide bonds. The zero-order chi connectivity index (χ0) is 35.9. The summed E-state index contributed by atoms with van der Waals surface area (Å²) in [6, 6.07) is 39.0. The Balaban J connectivity index is 1.17. The molecule has 2 bridgehead atoms. The highest BCUT2D eigenvalue weighted by atomic mass is 16.6. The number of amides is 1. The molecule has 1 spiro atoms. The normalized spacial score (nSPS) is 24.8. The van der Waals surface area contributed by atoms with Crippen LogP contribution in [0, 0.1) is 5.41 Å². The number of ketones is 1. The average Bonchev–Trinajstić information content (AvgIpc) is 3.63. The molecule has 0 unspecified atom stereocenters. The lowest BCUT2D eigenvalue weighted by Crippen LogP contribution is -2.48. The molecule has 0 aromatic heterocycles. The highest BCUT2D eigenvalue weighted by molar-refractivity contribution is 6.10. The fourth-order valence-corrected chi connectivity index (χ4v) is 9.34. The molecular weight excluding hydrogens is 643 g/mol. The van der Waals surface area contributed by atoms with Crippen molar-refractivity contribution in [1.82, 2.24) is 4.90 Å². The highest BCUT2D eigenvalue weighted by Gasteiger charge is 2.64. The molecule has 5 aromatic carbocycles. The fraction of sp³-hybridized carbons (Fsp3) is 0.319. The molecule has 5 aromatic rings. The van der Waals surface area contributed by atoms with Crippen molar-refractivity contribution in [2.75, 3.05) is 6.54 Å². The Morgan fingerprint density at radius 3 is 2.44 bits per heavy atom. The van der Waals surface area contributed by atoms with E-state index in [1.807, 2.05) is 65.6 Å². The molecule has 52 heavy (non-hydrogen) atoms. The maximum atomic E-state index is 14.6. The van der Waals surface area contributed by atoms with Crippen LogP contribution < -0.4 is 0 Å². The number of aliphatic hydroxyl groups is 1. The number of allylic oxidation sites excluding steroid dienone is 2. The van der Waals surface area contributed by atoms with Gasteiger partial charge in [0.15, 0.2) is 5.78 Å². The van der Waals surface area contributed by atoms with Gasteiger partial charge in [0.2, 0.25) is 0 Å². The lowest BCUT2D eigenvalue weighted by molar-refractivity contribution is -0.0373. The van der Waals surface area contributed by atoms with Gasteiger partial charge < -0.3 is 9.84 Å². The summed E-state index contributed by atoms with van der Waals surface area (Å²) in [4.78, 5) is 30.4. The third kappa shape index (κ3) is 6.26. The molecule has 0 radical (unpaired) electrons. The van der Waals surface area contributed by atoms with E-state index in [-0.39, 0.29) is 17.8 Å². The quantitative estimate of drug-likeness (QED) is 0.147. The van der Waals surface area contributed by atoms with Crippen LogP contribution >= 0.6 is 0 Å². The van der Waals surface area contributed by atoms with Crippen LogP contribution in [0.4, 0.5) is 4.79 Å². The molecule has 4 aliphatic rings. The number of fused-ring (bicyclic) bond motifs is 9. The number of rotatable bonds is 5. The van der Waals surface area contributed by atoms with Gasteiger partial charge in [0.05, 0.1) is 12.6 Å². The van der Waals surface area contributed by atoms with Crippen molar-refractivity contribution in [3.63, 3.8) is 0 Å². The summed E-state index contributed by atoms with van der Waals surface area (Å²) in [7, 11) is 0.